The summed E-state index contributed by atoms with van der Waals surface area (Å²) >= 11 is 0. The Balaban J connectivity index is 2.02. The third-order valence-corrected chi connectivity index (χ3v) is 3.74. The van der Waals surface area contributed by atoms with Gasteiger partial charge in [0.15, 0.2) is 5.65 Å². The molecule has 0 amide bonds. The molecule has 0 aliphatic carbocycles. The molecule has 3 N–H and O–H groups in total. The molecule has 0 spiro atoms. The number of aromatic hydroxyl groups is 1. The fourth-order valence-corrected chi connectivity index (χ4v) is 2.47. The summed E-state index contributed by atoms with van der Waals surface area (Å²) in [4.78, 5) is 8.60. The molecule has 2 heterocycles. The maximum absolute atomic E-state index is 12.7. The van der Waals surface area contributed by atoms with Crippen molar-refractivity contribution < 1.29 is 23.4 Å². The summed E-state index contributed by atoms with van der Waals surface area (Å²) in [7, 11) is 1.77. The van der Waals surface area contributed by atoms with E-state index in [1.807, 2.05) is 0 Å². The number of pyridine rings is 1. The van der Waals surface area contributed by atoms with Crippen LogP contribution in [-0.4, -0.2) is 37.9 Å². The number of aliphatic hydroxyl groups is 1. The zero-order valence-corrected chi connectivity index (χ0v) is 13.2. The van der Waals surface area contributed by atoms with Crippen molar-refractivity contribution in [3.63, 3.8) is 0 Å². The van der Waals surface area contributed by atoms with Crippen LogP contribution in [0.3, 0.4) is 0 Å². The molecule has 0 saturated heterocycles. The molecule has 25 heavy (non-hydrogen) atoms. The second-order valence-corrected chi connectivity index (χ2v) is 5.41. The van der Waals surface area contributed by atoms with Crippen molar-refractivity contribution >= 4 is 17.1 Å². The molecule has 2 aromatic heterocycles. The number of hydrogen-bond acceptors (Lipinski definition) is 5. The van der Waals surface area contributed by atoms with Gasteiger partial charge in [-0.3, -0.25) is 0 Å². The number of fused-ring (bicyclic) bond motifs is 1. The Morgan fingerprint density at radius 3 is 2.56 bits per heavy atom. The van der Waals surface area contributed by atoms with Crippen LogP contribution in [0.1, 0.15) is 5.56 Å². The molecule has 0 atom stereocenters. The molecule has 1 aromatic carbocycles. The Morgan fingerprint density at radius 1 is 1.16 bits per heavy atom. The maximum Gasteiger partial charge on any atom is 0.416 e. The number of hydrogen-bond donors (Lipinski definition) is 3. The highest BCUT2D eigenvalue weighted by Gasteiger charge is 2.31. The third-order valence-electron chi connectivity index (χ3n) is 3.74. The first-order valence-corrected chi connectivity index (χ1v) is 7.40. The third kappa shape index (κ3) is 3.22. The molecule has 0 bridgehead atoms. The first-order chi connectivity index (χ1) is 11.8. The summed E-state index contributed by atoms with van der Waals surface area (Å²) in [5.41, 5.74) is 0.648. The Kier molecular flexibility index (Phi) is 4.25. The number of phenols is 1. The summed E-state index contributed by atoms with van der Waals surface area (Å²) in [6.45, 7) is 0.269. The molecule has 6 nitrogen and oxygen atoms in total. The van der Waals surface area contributed by atoms with Crippen LogP contribution in [-0.2, 0) is 13.2 Å². The van der Waals surface area contributed by atoms with Crippen LogP contribution in [0.5, 0.6) is 5.75 Å². The Bertz CT molecular complexity index is 922. The number of aliphatic hydroxyl groups excluding tert-OH is 1. The van der Waals surface area contributed by atoms with E-state index >= 15 is 0 Å². The highest BCUT2D eigenvalue weighted by atomic mass is 19.4. The van der Waals surface area contributed by atoms with Crippen LogP contribution in [0, 0.1) is 0 Å². The predicted octanol–water partition coefficient (Wildman–Crippen LogP) is 2.76. The Morgan fingerprint density at radius 2 is 1.92 bits per heavy atom. The second kappa shape index (κ2) is 6.25. The van der Waals surface area contributed by atoms with Gasteiger partial charge in [0.25, 0.3) is 0 Å². The van der Waals surface area contributed by atoms with E-state index in [9.17, 15) is 18.3 Å². The average Bonchev–Trinajstić information content (AvgIpc) is 2.87. The van der Waals surface area contributed by atoms with Gasteiger partial charge in [-0.2, -0.15) is 18.2 Å². The summed E-state index contributed by atoms with van der Waals surface area (Å²) in [5.74, 6) is 0.00146. The average molecular weight is 352 g/mol. The lowest BCUT2D eigenvalue weighted by atomic mass is 10.1. The normalized spacial score (nSPS) is 11.9. The van der Waals surface area contributed by atoms with E-state index in [4.69, 9.17) is 5.11 Å². The van der Waals surface area contributed by atoms with Crippen LogP contribution >= 0.6 is 0 Å². The molecule has 3 rings (SSSR count). The van der Waals surface area contributed by atoms with E-state index in [1.165, 1.54) is 6.07 Å². The van der Waals surface area contributed by atoms with E-state index in [1.54, 1.807) is 23.7 Å². The number of nitrogens with zero attached hydrogens (tertiary/aromatic N) is 3. The summed E-state index contributed by atoms with van der Waals surface area (Å²) < 4.78 is 39.8. The second-order valence-electron chi connectivity index (χ2n) is 5.41. The molecule has 0 aliphatic heterocycles. The van der Waals surface area contributed by atoms with Gasteiger partial charge in [-0.05, 0) is 30.3 Å². The number of imidazole rings is 1. The largest absolute Gasteiger partial charge is 0.507 e. The van der Waals surface area contributed by atoms with Crippen molar-refractivity contribution in [2.45, 2.75) is 6.18 Å². The van der Waals surface area contributed by atoms with E-state index in [0.717, 1.165) is 6.07 Å². The maximum atomic E-state index is 12.7. The summed E-state index contributed by atoms with van der Waals surface area (Å²) in [6.07, 6.45) is -4.53. The van der Waals surface area contributed by atoms with Gasteiger partial charge in [0, 0.05) is 19.2 Å². The zero-order valence-electron chi connectivity index (χ0n) is 13.2. The smallest absolute Gasteiger partial charge is 0.416 e. The van der Waals surface area contributed by atoms with Gasteiger partial charge in [-0.25, -0.2) is 4.98 Å². The molecule has 0 radical (unpaired) electrons. The van der Waals surface area contributed by atoms with Gasteiger partial charge in [-0.15, -0.1) is 0 Å². The van der Waals surface area contributed by atoms with Crippen molar-refractivity contribution in [1.29, 1.82) is 0 Å². The number of phenolic OH excluding ortho intramolecular Hbond substituents is 1. The lowest BCUT2D eigenvalue weighted by Crippen LogP contribution is -2.09. The minimum absolute atomic E-state index is 0.0543. The van der Waals surface area contributed by atoms with Gasteiger partial charge in [0.1, 0.15) is 5.75 Å². The standard InChI is InChI=1S/C16H15F3N4O2/c1-23-12-5-4-11(21-14(12)22-15(23)20-6-7-24)10-3-2-9(8-13(10)25)16(17,18)19/h2-5,8,24-25H,6-7H2,1H3,(H,20,21,22). The van der Waals surface area contributed by atoms with Crippen LogP contribution in [0.25, 0.3) is 22.4 Å². The van der Waals surface area contributed by atoms with Gasteiger partial charge in [0.2, 0.25) is 5.95 Å². The lowest BCUT2D eigenvalue weighted by Gasteiger charge is -2.09. The molecule has 0 aliphatic rings. The lowest BCUT2D eigenvalue weighted by molar-refractivity contribution is -0.137. The molecular formula is C16H15F3N4O2. The van der Waals surface area contributed by atoms with Crippen molar-refractivity contribution in [2.24, 2.45) is 7.05 Å². The summed E-state index contributed by atoms with van der Waals surface area (Å²) in [6, 6.07) is 6.07. The van der Waals surface area contributed by atoms with Crippen molar-refractivity contribution in [2.75, 3.05) is 18.5 Å². The molecule has 132 valence electrons. The highest BCUT2D eigenvalue weighted by Crippen LogP contribution is 2.36. The van der Waals surface area contributed by atoms with Crippen molar-refractivity contribution in [1.82, 2.24) is 14.5 Å². The number of benzene rings is 1. The topological polar surface area (TPSA) is 83.2 Å². The molecule has 0 fully saturated rings. The van der Waals surface area contributed by atoms with Crippen molar-refractivity contribution in [3.05, 3.63) is 35.9 Å². The fraction of sp³-hybridized carbons (Fsp3) is 0.250. The van der Waals surface area contributed by atoms with Gasteiger partial charge in [0.05, 0.1) is 23.4 Å². The van der Waals surface area contributed by atoms with E-state index < -0.39 is 17.5 Å². The quantitative estimate of drug-likeness (QED) is 0.673. The van der Waals surface area contributed by atoms with Crippen LogP contribution < -0.4 is 5.32 Å². The zero-order chi connectivity index (χ0) is 18.2. The van der Waals surface area contributed by atoms with E-state index in [0.29, 0.717) is 35.4 Å². The number of aryl methyl sites for hydroxylation is 1. The first kappa shape index (κ1) is 17.0. The molecule has 9 heteroatoms. The van der Waals surface area contributed by atoms with Crippen LogP contribution in [0.4, 0.5) is 19.1 Å². The monoisotopic (exact) mass is 352 g/mol. The minimum Gasteiger partial charge on any atom is -0.507 e. The first-order valence-electron chi connectivity index (χ1n) is 7.40. The summed E-state index contributed by atoms with van der Waals surface area (Å²) in [5, 5.41) is 21.8. The van der Waals surface area contributed by atoms with E-state index in [-0.39, 0.29) is 12.2 Å². The van der Waals surface area contributed by atoms with Gasteiger partial charge >= 0.3 is 6.18 Å². The van der Waals surface area contributed by atoms with E-state index in [2.05, 4.69) is 15.3 Å². The number of anilines is 1. The predicted molar refractivity (Wildman–Crippen MR) is 86.2 cm³/mol. The highest BCUT2D eigenvalue weighted by molar-refractivity contribution is 5.79. The van der Waals surface area contributed by atoms with Gasteiger partial charge < -0.3 is 20.1 Å². The number of halogens is 3. The number of rotatable bonds is 4. The number of aromatic nitrogens is 3. The van der Waals surface area contributed by atoms with Crippen molar-refractivity contribution in [3.8, 4) is 17.0 Å². The Hall–Kier alpha value is -2.81. The number of nitrogens with one attached hydrogen (secondary N) is 1. The molecule has 0 saturated carbocycles. The SMILES string of the molecule is Cn1c(NCCO)nc2nc(-c3ccc(C(F)(F)F)cc3O)ccc21. The minimum atomic E-state index is -4.53. The molecular weight excluding hydrogens is 337 g/mol. The van der Waals surface area contributed by atoms with Gasteiger partial charge in [-0.1, -0.05) is 0 Å². The van der Waals surface area contributed by atoms with Crippen LogP contribution in [0.15, 0.2) is 30.3 Å². The fourth-order valence-electron chi connectivity index (χ4n) is 2.47. The molecule has 3 aromatic rings. The van der Waals surface area contributed by atoms with Crippen LogP contribution in [0.2, 0.25) is 0 Å². The Labute approximate surface area is 140 Å². The molecule has 0 unspecified atom stereocenters. The number of alkyl halides is 3.